The SMILES string of the molecule is Cn1ccnc1[C@@H](O)C1CCN(C(=O)c2c3c(nn2C)CCCC3)CC1. The van der Waals surface area contributed by atoms with Crippen LogP contribution in [0.25, 0.3) is 0 Å². The number of carbonyl (C=O) groups is 1. The highest BCUT2D eigenvalue weighted by molar-refractivity contribution is 5.94. The number of imidazole rings is 1. The summed E-state index contributed by atoms with van der Waals surface area (Å²) in [7, 11) is 3.78. The number of aromatic nitrogens is 4. The lowest BCUT2D eigenvalue weighted by atomic mass is 9.90. The fourth-order valence-corrected chi connectivity index (χ4v) is 4.39. The van der Waals surface area contributed by atoms with Gasteiger partial charge in [0.05, 0.1) is 5.69 Å². The highest BCUT2D eigenvalue weighted by Crippen LogP contribution is 2.31. The summed E-state index contributed by atoms with van der Waals surface area (Å²) in [5, 5.41) is 15.2. The number of piperidine rings is 1. The van der Waals surface area contributed by atoms with Crippen LogP contribution in [0.3, 0.4) is 0 Å². The van der Waals surface area contributed by atoms with Crippen LogP contribution in [0.1, 0.15) is 59.4 Å². The van der Waals surface area contributed by atoms with Gasteiger partial charge in [0, 0.05) is 45.1 Å². The van der Waals surface area contributed by atoms with Gasteiger partial charge in [0.2, 0.25) is 0 Å². The maximum Gasteiger partial charge on any atom is 0.272 e. The van der Waals surface area contributed by atoms with Crippen LogP contribution in [0.4, 0.5) is 0 Å². The number of rotatable bonds is 3. The van der Waals surface area contributed by atoms with Crippen LogP contribution < -0.4 is 0 Å². The number of nitrogens with zero attached hydrogens (tertiary/aromatic N) is 5. The number of hydrogen-bond acceptors (Lipinski definition) is 4. The molecule has 1 amide bonds. The van der Waals surface area contributed by atoms with Crippen molar-refractivity contribution in [3.63, 3.8) is 0 Å². The molecule has 0 saturated carbocycles. The van der Waals surface area contributed by atoms with E-state index in [2.05, 4.69) is 10.1 Å². The molecule has 1 N–H and O–H groups in total. The maximum atomic E-state index is 13.1. The van der Waals surface area contributed by atoms with E-state index in [9.17, 15) is 9.90 Å². The van der Waals surface area contributed by atoms with E-state index in [4.69, 9.17) is 0 Å². The summed E-state index contributed by atoms with van der Waals surface area (Å²) in [6, 6.07) is 0. The zero-order valence-corrected chi connectivity index (χ0v) is 15.6. The van der Waals surface area contributed by atoms with E-state index in [0.717, 1.165) is 55.5 Å². The maximum absolute atomic E-state index is 13.1. The van der Waals surface area contributed by atoms with E-state index in [1.807, 2.05) is 29.8 Å². The Bertz CT molecular complexity index is 801. The molecule has 4 rings (SSSR count). The van der Waals surface area contributed by atoms with Crippen LogP contribution in [0.15, 0.2) is 12.4 Å². The van der Waals surface area contributed by atoms with Gasteiger partial charge in [0.1, 0.15) is 17.6 Å². The zero-order chi connectivity index (χ0) is 18.3. The molecular weight excluding hydrogens is 330 g/mol. The summed E-state index contributed by atoms with van der Waals surface area (Å²) in [6.45, 7) is 1.34. The Balaban J connectivity index is 1.44. The van der Waals surface area contributed by atoms with Crippen molar-refractivity contribution in [3.8, 4) is 0 Å². The van der Waals surface area contributed by atoms with Gasteiger partial charge in [-0.3, -0.25) is 9.48 Å². The van der Waals surface area contributed by atoms with Gasteiger partial charge in [0.25, 0.3) is 5.91 Å². The van der Waals surface area contributed by atoms with Crippen molar-refractivity contribution in [2.24, 2.45) is 20.0 Å². The minimum atomic E-state index is -0.572. The highest BCUT2D eigenvalue weighted by atomic mass is 16.3. The second-order valence-electron chi connectivity index (χ2n) is 7.58. The Kier molecular flexibility index (Phi) is 4.56. The molecule has 2 aliphatic rings. The van der Waals surface area contributed by atoms with Crippen molar-refractivity contribution in [1.82, 2.24) is 24.2 Å². The van der Waals surface area contributed by atoms with Crippen LogP contribution in [-0.4, -0.2) is 48.3 Å². The third-order valence-corrected chi connectivity index (χ3v) is 5.92. The molecule has 0 spiro atoms. The number of carbonyl (C=O) groups excluding carboxylic acids is 1. The molecule has 2 aromatic heterocycles. The van der Waals surface area contributed by atoms with E-state index in [0.29, 0.717) is 18.9 Å². The summed E-state index contributed by atoms with van der Waals surface area (Å²) in [5.41, 5.74) is 3.02. The van der Waals surface area contributed by atoms with Crippen LogP contribution in [0.2, 0.25) is 0 Å². The number of aliphatic hydroxyl groups excluding tert-OH is 1. The molecule has 0 unspecified atom stereocenters. The van der Waals surface area contributed by atoms with E-state index in [-0.39, 0.29) is 11.8 Å². The minimum absolute atomic E-state index is 0.0908. The molecule has 140 valence electrons. The van der Waals surface area contributed by atoms with Gasteiger partial charge in [-0.1, -0.05) is 0 Å². The molecule has 26 heavy (non-hydrogen) atoms. The summed E-state index contributed by atoms with van der Waals surface area (Å²) in [6.07, 6.45) is 8.81. The fraction of sp³-hybridized carbons (Fsp3) is 0.632. The lowest BCUT2D eigenvalue weighted by Crippen LogP contribution is -2.41. The largest absolute Gasteiger partial charge is 0.385 e. The molecule has 0 aromatic carbocycles. The quantitative estimate of drug-likeness (QED) is 0.906. The first kappa shape index (κ1) is 17.3. The molecule has 1 aliphatic carbocycles. The molecule has 1 aliphatic heterocycles. The number of fused-ring (bicyclic) bond motifs is 1. The Morgan fingerprint density at radius 2 is 1.96 bits per heavy atom. The van der Waals surface area contributed by atoms with Gasteiger partial charge in [-0.15, -0.1) is 0 Å². The summed E-state index contributed by atoms with van der Waals surface area (Å²) in [4.78, 5) is 19.3. The molecule has 1 fully saturated rings. The molecular formula is C19H27N5O2. The first-order chi connectivity index (χ1) is 12.6. The van der Waals surface area contributed by atoms with Gasteiger partial charge in [0.15, 0.2) is 0 Å². The highest BCUT2D eigenvalue weighted by Gasteiger charge is 2.33. The van der Waals surface area contributed by atoms with E-state index in [1.54, 1.807) is 10.9 Å². The van der Waals surface area contributed by atoms with Crippen LogP contribution in [0.5, 0.6) is 0 Å². The minimum Gasteiger partial charge on any atom is -0.385 e. The average molecular weight is 357 g/mol. The van der Waals surface area contributed by atoms with E-state index < -0.39 is 6.10 Å². The number of likely N-dealkylation sites (tertiary alicyclic amines) is 1. The topological polar surface area (TPSA) is 76.2 Å². The van der Waals surface area contributed by atoms with Crippen LogP contribution >= 0.6 is 0 Å². The van der Waals surface area contributed by atoms with Gasteiger partial charge >= 0.3 is 0 Å². The van der Waals surface area contributed by atoms with Gasteiger partial charge in [-0.2, -0.15) is 5.10 Å². The number of hydrogen-bond donors (Lipinski definition) is 1. The molecule has 2 aromatic rings. The van der Waals surface area contributed by atoms with Crippen molar-refractivity contribution in [2.45, 2.75) is 44.6 Å². The molecule has 0 bridgehead atoms. The van der Waals surface area contributed by atoms with E-state index >= 15 is 0 Å². The molecule has 1 atom stereocenters. The molecule has 7 nitrogen and oxygen atoms in total. The van der Waals surface area contributed by atoms with Gasteiger partial charge < -0.3 is 14.6 Å². The summed E-state index contributed by atoms with van der Waals surface area (Å²) < 4.78 is 3.64. The van der Waals surface area contributed by atoms with Crippen molar-refractivity contribution >= 4 is 5.91 Å². The standard InChI is InChI=1S/C19H27N5O2/c1-22-12-9-20-18(22)17(25)13-7-10-24(11-8-13)19(26)16-14-5-3-4-6-15(14)21-23(16)2/h9,12-13,17,25H,3-8,10-11H2,1-2H3/t17-/m0/s1. The molecule has 0 radical (unpaired) electrons. The van der Waals surface area contributed by atoms with Gasteiger partial charge in [-0.25, -0.2) is 4.98 Å². The average Bonchev–Trinajstić information content (AvgIpc) is 3.23. The number of aliphatic hydroxyl groups is 1. The molecule has 3 heterocycles. The number of aryl methyl sites for hydroxylation is 3. The third-order valence-electron chi connectivity index (χ3n) is 5.92. The Hall–Kier alpha value is -2.15. The second-order valence-corrected chi connectivity index (χ2v) is 7.58. The van der Waals surface area contributed by atoms with Crippen LogP contribution in [0, 0.1) is 5.92 Å². The van der Waals surface area contributed by atoms with Crippen LogP contribution in [-0.2, 0) is 26.9 Å². The Labute approximate surface area is 153 Å². The van der Waals surface area contributed by atoms with Crippen molar-refractivity contribution in [3.05, 3.63) is 35.2 Å². The Morgan fingerprint density at radius 1 is 1.23 bits per heavy atom. The first-order valence-corrected chi connectivity index (χ1v) is 9.55. The lowest BCUT2D eigenvalue weighted by molar-refractivity contribution is 0.0413. The van der Waals surface area contributed by atoms with Gasteiger partial charge in [-0.05, 0) is 44.4 Å². The van der Waals surface area contributed by atoms with E-state index in [1.165, 1.54) is 0 Å². The third kappa shape index (κ3) is 2.94. The number of amides is 1. The lowest BCUT2D eigenvalue weighted by Gasteiger charge is -2.34. The second kappa shape index (κ2) is 6.87. The smallest absolute Gasteiger partial charge is 0.272 e. The summed E-state index contributed by atoms with van der Waals surface area (Å²) in [5.74, 6) is 0.934. The zero-order valence-electron chi connectivity index (χ0n) is 15.6. The monoisotopic (exact) mass is 357 g/mol. The predicted molar refractivity (Wildman–Crippen MR) is 96.6 cm³/mol. The normalized spacial score (nSPS) is 19.4. The first-order valence-electron chi connectivity index (χ1n) is 9.55. The van der Waals surface area contributed by atoms with Crippen molar-refractivity contribution < 1.29 is 9.90 Å². The predicted octanol–water partition coefficient (Wildman–Crippen LogP) is 1.62. The molecule has 7 heteroatoms. The van der Waals surface area contributed by atoms with Crippen molar-refractivity contribution in [1.29, 1.82) is 0 Å². The molecule has 1 saturated heterocycles. The summed E-state index contributed by atoms with van der Waals surface area (Å²) >= 11 is 0. The fourth-order valence-electron chi connectivity index (χ4n) is 4.39. The van der Waals surface area contributed by atoms with Crippen molar-refractivity contribution in [2.75, 3.05) is 13.1 Å². The Morgan fingerprint density at radius 3 is 2.65 bits per heavy atom.